The van der Waals surface area contributed by atoms with Gasteiger partial charge in [0.2, 0.25) is 0 Å². The first-order chi connectivity index (χ1) is 7.68. The topological polar surface area (TPSA) is 85.2 Å². The van der Waals surface area contributed by atoms with Gasteiger partial charge in [-0.2, -0.15) is 0 Å². The number of hydrogen-bond acceptors (Lipinski definition) is 4. The fraction of sp³-hybridized carbons (Fsp3) is 0.0833. The number of aromatic nitrogens is 1. The summed E-state index contributed by atoms with van der Waals surface area (Å²) in [6.07, 6.45) is 3.35. The molecule has 0 saturated heterocycles. The van der Waals surface area contributed by atoms with Crippen molar-refractivity contribution < 1.29 is 5.11 Å². The molecule has 1 unspecified atom stereocenters. The van der Waals surface area contributed by atoms with E-state index in [0.717, 1.165) is 5.56 Å². The van der Waals surface area contributed by atoms with Crippen molar-refractivity contribution in [3.8, 4) is 5.75 Å². The van der Waals surface area contributed by atoms with Crippen LogP contribution in [0, 0.1) is 0 Å². The maximum absolute atomic E-state index is 9.71. The van der Waals surface area contributed by atoms with Gasteiger partial charge in [-0.3, -0.25) is 4.98 Å². The van der Waals surface area contributed by atoms with Crippen LogP contribution in [0.15, 0.2) is 42.7 Å². The zero-order valence-electron chi connectivity index (χ0n) is 8.67. The number of nitrogens with two attached hydrogens (primary N) is 2. The molecule has 5 N–H and O–H groups in total. The van der Waals surface area contributed by atoms with E-state index in [4.69, 9.17) is 11.5 Å². The molecule has 2 aromatic rings. The number of nitrogens with zero attached hydrogens (tertiary/aromatic N) is 1. The van der Waals surface area contributed by atoms with E-state index in [1.807, 2.05) is 6.07 Å². The quantitative estimate of drug-likeness (QED) is 0.522. The summed E-state index contributed by atoms with van der Waals surface area (Å²) in [6.45, 7) is 0. The Morgan fingerprint density at radius 2 is 2.06 bits per heavy atom. The van der Waals surface area contributed by atoms with Crippen molar-refractivity contribution in [2.24, 2.45) is 5.73 Å². The van der Waals surface area contributed by atoms with Gasteiger partial charge in [-0.15, -0.1) is 0 Å². The second-order valence-electron chi connectivity index (χ2n) is 3.58. The second-order valence-corrected chi connectivity index (χ2v) is 3.58. The summed E-state index contributed by atoms with van der Waals surface area (Å²) in [5, 5.41) is 9.71. The highest BCUT2D eigenvalue weighted by atomic mass is 16.3. The standard InChI is InChI=1S/C12H13N3O/c13-9-3-4-11(16)10(6-9)12(14)8-2-1-5-15-7-8/h1-7,12,16H,13-14H2. The van der Waals surface area contributed by atoms with Gasteiger partial charge in [0.25, 0.3) is 0 Å². The lowest BCUT2D eigenvalue weighted by Gasteiger charge is -2.14. The summed E-state index contributed by atoms with van der Waals surface area (Å²) < 4.78 is 0. The number of rotatable bonds is 2. The molecule has 4 nitrogen and oxygen atoms in total. The number of pyridine rings is 1. The fourth-order valence-electron chi connectivity index (χ4n) is 1.56. The van der Waals surface area contributed by atoms with Crippen molar-refractivity contribution >= 4 is 5.69 Å². The summed E-state index contributed by atoms with van der Waals surface area (Å²) in [6, 6.07) is 8.10. The first kappa shape index (κ1) is 10.4. The van der Waals surface area contributed by atoms with E-state index >= 15 is 0 Å². The molecule has 1 atom stereocenters. The Labute approximate surface area is 93.5 Å². The van der Waals surface area contributed by atoms with Crippen molar-refractivity contribution in [1.82, 2.24) is 4.98 Å². The SMILES string of the molecule is Nc1ccc(O)c(C(N)c2cccnc2)c1. The Hall–Kier alpha value is -2.07. The van der Waals surface area contributed by atoms with Gasteiger partial charge in [0.1, 0.15) is 5.75 Å². The van der Waals surface area contributed by atoms with Crippen LogP contribution in [0.25, 0.3) is 0 Å². The normalized spacial score (nSPS) is 12.3. The molecular formula is C12H13N3O. The Bertz CT molecular complexity index is 485. The van der Waals surface area contributed by atoms with E-state index in [1.165, 1.54) is 0 Å². The average molecular weight is 215 g/mol. The predicted octanol–water partition coefficient (Wildman–Crippen LogP) is 1.42. The number of benzene rings is 1. The smallest absolute Gasteiger partial charge is 0.120 e. The Balaban J connectivity index is 2.41. The summed E-state index contributed by atoms with van der Waals surface area (Å²) in [5.41, 5.74) is 13.7. The summed E-state index contributed by atoms with van der Waals surface area (Å²) in [4.78, 5) is 3.99. The molecule has 0 radical (unpaired) electrons. The zero-order chi connectivity index (χ0) is 11.5. The van der Waals surface area contributed by atoms with E-state index in [-0.39, 0.29) is 5.75 Å². The van der Waals surface area contributed by atoms with E-state index < -0.39 is 6.04 Å². The van der Waals surface area contributed by atoms with E-state index in [9.17, 15) is 5.11 Å². The van der Waals surface area contributed by atoms with Crippen LogP contribution < -0.4 is 11.5 Å². The molecule has 1 heterocycles. The zero-order valence-corrected chi connectivity index (χ0v) is 8.67. The molecule has 0 spiro atoms. The highest BCUT2D eigenvalue weighted by Gasteiger charge is 2.13. The van der Waals surface area contributed by atoms with E-state index in [0.29, 0.717) is 11.3 Å². The highest BCUT2D eigenvalue weighted by molar-refractivity contribution is 5.50. The number of nitrogen functional groups attached to an aromatic ring is 1. The van der Waals surface area contributed by atoms with Crippen LogP contribution in [0.5, 0.6) is 5.75 Å². The van der Waals surface area contributed by atoms with Gasteiger partial charge in [-0.25, -0.2) is 0 Å². The minimum Gasteiger partial charge on any atom is -0.508 e. The van der Waals surface area contributed by atoms with Gasteiger partial charge < -0.3 is 16.6 Å². The lowest BCUT2D eigenvalue weighted by Crippen LogP contribution is -2.12. The van der Waals surface area contributed by atoms with Crippen LogP contribution in [0.4, 0.5) is 5.69 Å². The third kappa shape index (κ3) is 1.97. The second kappa shape index (κ2) is 4.20. The van der Waals surface area contributed by atoms with Crippen LogP contribution in [-0.4, -0.2) is 10.1 Å². The molecule has 0 aliphatic carbocycles. The molecule has 16 heavy (non-hydrogen) atoms. The van der Waals surface area contributed by atoms with E-state index in [2.05, 4.69) is 4.98 Å². The third-order valence-corrected chi connectivity index (χ3v) is 2.43. The Morgan fingerprint density at radius 1 is 1.25 bits per heavy atom. The number of hydrogen-bond donors (Lipinski definition) is 3. The monoisotopic (exact) mass is 215 g/mol. The van der Waals surface area contributed by atoms with Crippen LogP contribution >= 0.6 is 0 Å². The van der Waals surface area contributed by atoms with Gasteiger partial charge in [0, 0.05) is 23.6 Å². The molecule has 4 heteroatoms. The van der Waals surface area contributed by atoms with E-state index in [1.54, 1.807) is 36.7 Å². The molecule has 0 saturated carbocycles. The molecule has 0 bridgehead atoms. The van der Waals surface area contributed by atoms with Gasteiger partial charge in [-0.05, 0) is 29.8 Å². The lowest BCUT2D eigenvalue weighted by atomic mass is 10.00. The van der Waals surface area contributed by atoms with Crippen LogP contribution in [0.2, 0.25) is 0 Å². The van der Waals surface area contributed by atoms with Gasteiger partial charge in [0.05, 0.1) is 6.04 Å². The number of phenols is 1. The lowest BCUT2D eigenvalue weighted by molar-refractivity contribution is 0.465. The van der Waals surface area contributed by atoms with Gasteiger partial charge >= 0.3 is 0 Å². The minimum absolute atomic E-state index is 0.144. The number of anilines is 1. The fourth-order valence-corrected chi connectivity index (χ4v) is 1.56. The maximum atomic E-state index is 9.71. The molecule has 2 rings (SSSR count). The van der Waals surface area contributed by atoms with Crippen molar-refractivity contribution in [3.05, 3.63) is 53.9 Å². The Morgan fingerprint density at radius 3 is 2.75 bits per heavy atom. The van der Waals surface area contributed by atoms with Crippen LogP contribution in [0.1, 0.15) is 17.2 Å². The molecule has 0 aliphatic rings. The van der Waals surface area contributed by atoms with Crippen molar-refractivity contribution in [2.75, 3.05) is 5.73 Å². The first-order valence-electron chi connectivity index (χ1n) is 4.92. The number of phenolic OH excluding ortho intramolecular Hbond substituents is 1. The maximum Gasteiger partial charge on any atom is 0.120 e. The van der Waals surface area contributed by atoms with Crippen molar-refractivity contribution in [2.45, 2.75) is 6.04 Å². The summed E-state index contributed by atoms with van der Waals surface area (Å²) >= 11 is 0. The van der Waals surface area contributed by atoms with Crippen molar-refractivity contribution in [1.29, 1.82) is 0 Å². The highest BCUT2D eigenvalue weighted by Crippen LogP contribution is 2.28. The average Bonchev–Trinajstić information content (AvgIpc) is 2.32. The predicted molar refractivity (Wildman–Crippen MR) is 62.8 cm³/mol. The largest absolute Gasteiger partial charge is 0.508 e. The molecular weight excluding hydrogens is 202 g/mol. The minimum atomic E-state index is -0.419. The van der Waals surface area contributed by atoms with Crippen molar-refractivity contribution in [3.63, 3.8) is 0 Å². The first-order valence-corrected chi connectivity index (χ1v) is 4.92. The Kier molecular flexibility index (Phi) is 2.74. The molecule has 0 fully saturated rings. The number of aromatic hydroxyl groups is 1. The third-order valence-electron chi connectivity index (χ3n) is 2.43. The van der Waals surface area contributed by atoms with Gasteiger partial charge in [-0.1, -0.05) is 6.07 Å². The summed E-state index contributed by atoms with van der Waals surface area (Å²) in [5.74, 6) is 0.144. The molecule has 0 amide bonds. The molecule has 1 aromatic heterocycles. The van der Waals surface area contributed by atoms with Gasteiger partial charge in [0.15, 0.2) is 0 Å². The summed E-state index contributed by atoms with van der Waals surface area (Å²) in [7, 11) is 0. The molecule has 1 aromatic carbocycles. The van der Waals surface area contributed by atoms with Crippen LogP contribution in [-0.2, 0) is 0 Å². The molecule has 82 valence electrons. The molecule has 0 aliphatic heterocycles. The van der Waals surface area contributed by atoms with Crippen LogP contribution in [0.3, 0.4) is 0 Å².